The fourth-order valence-electron chi connectivity index (χ4n) is 1.98. The van der Waals surface area contributed by atoms with Crippen LogP contribution in [0.2, 0.25) is 0 Å². The Morgan fingerprint density at radius 3 is 2.53 bits per heavy atom. The average molecular weight is 229 g/mol. The fraction of sp³-hybridized carbons (Fsp3) is 0.333. The lowest BCUT2D eigenvalue weighted by molar-refractivity contribution is 0.455. The van der Waals surface area contributed by atoms with Crippen LogP contribution in [0.15, 0.2) is 47.1 Å². The second-order valence-electron chi connectivity index (χ2n) is 4.30. The van der Waals surface area contributed by atoms with E-state index < -0.39 is 0 Å². The Labute approximate surface area is 103 Å². The van der Waals surface area contributed by atoms with Crippen LogP contribution in [0.4, 0.5) is 0 Å². The Bertz CT molecular complexity index is 430. The molecule has 1 heterocycles. The molecule has 90 valence electrons. The van der Waals surface area contributed by atoms with Crippen molar-refractivity contribution in [2.24, 2.45) is 0 Å². The van der Waals surface area contributed by atoms with E-state index in [0.717, 1.165) is 18.7 Å². The van der Waals surface area contributed by atoms with Crippen molar-refractivity contribution in [1.82, 2.24) is 5.32 Å². The van der Waals surface area contributed by atoms with Crippen molar-refractivity contribution < 1.29 is 4.42 Å². The smallest absolute Gasteiger partial charge is 0.105 e. The molecule has 1 N–H and O–H groups in total. The normalized spacial score (nSPS) is 12.6. The summed E-state index contributed by atoms with van der Waals surface area (Å²) >= 11 is 0. The number of rotatable bonds is 5. The molecule has 0 spiro atoms. The van der Waals surface area contributed by atoms with Crippen molar-refractivity contribution in [1.29, 1.82) is 0 Å². The average Bonchev–Trinajstić information content (AvgIpc) is 2.82. The van der Waals surface area contributed by atoms with Crippen LogP contribution in [0, 0.1) is 6.92 Å². The Kier molecular flexibility index (Phi) is 3.99. The van der Waals surface area contributed by atoms with Crippen molar-refractivity contribution in [3.8, 4) is 0 Å². The minimum atomic E-state index is 0.326. The molecule has 1 atom stereocenters. The van der Waals surface area contributed by atoms with E-state index in [-0.39, 0.29) is 0 Å². The first-order chi connectivity index (χ1) is 8.29. The van der Waals surface area contributed by atoms with Gasteiger partial charge in [-0.15, -0.1) is 0 Å². The molecule has 0 aliphatic rings. The SMILES string of the molecule is CCNC(Cc1ccco1)c1ccc(C)cc1. The molecular formula is C15H19NO. The highest BCUT2D eigenvalue weighted by Gasteiger charge is 2.12. The molecule has 2 nitrogen and oxygen atoms in total. The first-order valence-corrected chi connectivity index (χ1v) is 6.12. The summed E-state index contributed by atoms with van der Waals surface area (Å²) in [5.74, 6) is 1.02. The summed E-state index contributed by atoms with van der Waals surface area (Å²) in [5, 5.41) is 3.50. The van der Waals surface area contributed by atoms with E-state index in [1.807, 2.05) is 12.1 Å². The minimum absolute atomic E-state index is 0.326. The Morgan fingerprint density at radius 2 is 1.94 bits per heavy atom. The lowest BCUT2D eigenvalue weighted by atomic mass is 10.0. The standard InChI is InChI=1S/C15H19NO/c1-3-16-15(11-14-5-4-10-17-14)13-8-6-12(2)7-9-13/h4-10,15-16H,3,11H2,1-2H3. The first kappa shape index (κ1) is 11.9. The van der Waals surface area contributed by atoms with E-state index in [0.29, 0.717) is 6.04 Å². The molecule has 1 aromatic carbocycles. The number of benzene rings is 1. The molecule has 0 saturated heterocycles. The molecule has 0 fully saturated rings. The summed E-state index contributed by atoms with van der Waals surface area (Å²) in [6.07, 6.45) is 2.62. The van der Waals surface area contributed by atoms with E-state index >= 15 is 0 Å². The second-order valence-corrected chi connectivity index (χ2v) is 4.30. The zero-order valence-corrected chi connectivity index (χ0v) is 10.4. The third-order valence-electron chi connectivity index (χ3n) is 2.92. The summed E-state index contributed by atoms with van der Waals surface area (Å²) in [7, 11) is 0. The van der Waals surface area contributed by atoms with E-state index in [1.54, 1.807) is 6.26 Å². The van der Waals surface area contributed by atoms with E-state index in [4.69, 9.17) is 4.42 Å². The van der Waals surface area contributed by atoms with E-state index in [9.17, 15) is 0 Å². The van der Waals surface area contributed by atoms with Crippen molar-refractivity contribution in [3.63, 3.8) is 0 Å². The van der Waals surface area contributed by atoms with Crippen molar-refractivity contribution >= 4 is 0 Å². The Morgan fingerprint density at radius 1 is 1.18 bits per heavy atom. The van der Waals surface area contributed by atoms with Crippen LogP contribution in [-0.2, 0) is 6.42 Å². The van der Waals surface area contributed by atoms with Gasteiger partial charge in [-0.25, -0.2) is 0 Å². The number of hydrogen-bond acceptors (Lipinski definition) is 2. The molecular weight excluding hydrogens is 210 g/mol. The van der Waals surface area contributed by atoms with Gasteiger partial charge in [0.1, 0.15) is 5.76 Å². The number of furan rings is 1. The van der Waals surface area contributed by atoms with Crippen molar-refractivity contribution in [2.45, 2.75) is 26.3 Å². The van der Waals surface area contributed by atoms with Crippen molar-refractivity contribution in [2.75, 3.05) is 6.54 Å². The van der Waals surface area contributed by atoms with Crippen LogP contribution in [0.5, 0.6) is 0 Å². The van der Waals surface area contributed by atoms with Gasteiger partial charge in [0.25, 0.3) is 0 Å². The van der Waals surface area contributed by atoms with Gasteiger partial charge in [-0.05, 0) is 31.2 Å². The van der Waals surface area contributed by atoms with Gasteiger partial charge in [0.2, 0.25) is 0 Å². The molecule has 17 heavy (non-hydrogen) atoms. The lowest BCUT2D eigenvalue weighted by Gasteiger charge is -2.17. The van der Waals surface area contributed by atoms with Gasteiger partial charge in [0.15, 0.2) is 0 Å². The third-order valence-corrected chi connectivity index (χ3v) is 2.92. The number of likely N-dealkylation sites (N-methyl/N-ethyl adjacent to an activating group) is 1. The topological polar surface area (TPSA) is 25.2 Å². The van der Waals surface area contributed by atoms with Crippen LogP contribution in [0.25, 0.3) is 0 Å². The molecule has 0 amide bonds. The predicted molar refractivity (Wildman–Crippen MR) is 70.0 cm³/mol. The molecule has 1 unspecified atom stereocenters. The van der Waals surface area contributed by atoms with Crippen molar-refractivity contribution in [3.05, 3.63) is 59.5 Å². The molecule has 2 rings (SSSR count). The van der Waals surface area contributed by atoms with Crippen LogP contribution in [-0.4, -0.2) is 6.54 Å². The van der Waals surface area contributed by atoms with Gasteiger partial charge in [-0.1, -0.05) is 36.8 Å². The zero-order valence-electron chi connectivity index (χ0n) is 10.4. The maximum Gasteiger partial charge on any atom is 0.105 e. The molecule has 0 aliphatic heterocycles. The number of hydrogen-bond donors (Lipinski definition) is 1. The van der Waals surface area contributed by atoms with Gasteiger partial charge >= 0.3 is 0 Å². The minimum Gasteiger partial charge on any atom is -0.469 e. The van der Waals surface area contributed by atoms with Crippen LogP contribution in [0.1, 0.15) is 29.9 Å². The van der Waals surface area contributed by atoms with Crippen LogP contribution in [0.3, 0.4) is 0 Å². The quantitative estimate of drug-likeness (QED) is 0.849. The first-order valence-electron chi connectivity index (χ1n) is 6.12. The molecule has 0 radical (unpaired) electrons. The summed E-state index contributed by atoms with van der Waals surface area (Å²) in [4.78, 5) is 0. The summed E-state index contributed by atoms with van der Waals surface area (Å²) in [5.41, 5.74) is 2.61. The molecule has 0 aliphatic carbocycles. The van der Waals surface area contributed by atoms with Crippen LogP contribution < -0.4 is 5.32 Å². The maximum atomic E-state index is 5.42. The molecule has 2 heteroatoms. The van der Waals surface area contributed by atoms with Gasteiger partial charge < -0.3 is 9.73 Å². The van der Waals surface area contributed by atoms with Gasteiger partial charge in [-0.3, -0.25) is 0 Å². The molecule has 0 bridgehead atoms. The molecule has 1 aromatic heterocycles. The van der Waals surface area contributed by atoms with E-state index in [2.05, 4.69) is 43.4 Å². The summed E-state index contributed by atoms with van der Waals surface area (Å²) in [6.45, 7) is 5.20. The highest BCUT2D eigenvalue weighted by atomic mass is 16.3. The largest absolute Gasteiger partial charge is 0.469 e. The maximum absolute atomic E-state index is 5.42. The van der Waals surface area contributed by atoms with Gasteiger partial charge in [0.05, 0.1) is 6.26 Å². The van der Waals surface area contributed by atoms with Gasteiger partial charge in [-0.2, -0.15) is 0 Å². The van der Waals surface area contributed by atoms with Gasteiger partial charge in [0, 0.05) is 12.5 Å². The monoisotopic (exact) mass is 229 g/mol. The summed E-state index contributed by atoms with van der Waals surface area (Å²) in [6, 6.07) is 13.0. The zero-order chi connectivity index (χ0) is 12.1. The highest BCUT2D eigenvalue weighted by molar-refractivity contribution is 5.25. The Hall–Kier alpha value is -1.54. The van der Waals surface area contributed by atoms with E-state index in [1.165, 1.54) is 11.1 Å². The molecule has 2 aromatic rings. The fourth-order valence-corrected chi connectivity index (χ4v) is 1.98. The Balaban J connectivity index is 2.13. The number of nitrogens with one attached hydrogen (secondary N) is 1. The molecule has 0 saturated carbocycles. The second kappa shape index (κ2) is 5.69. The third kappa shape index (κ3) is 3.21. The summed E-state index contributed by atoms with van der Waals surface area (Å²) < 4.78 is 5.42. The number of aryl methyl sites for hydroxylation is 1. The predicted octanol–water partition coefficient (Wildman–Crippen LogP) is 3.48. The van der Waals surface area contributed by atoms with Crippen LogP contribution >= 0.6 is 0 Å². The lowest BCUT2D eigenvalue weighted by Crippen LogP contribution is -2.22. The highest BCUT2D eigenvalue weighted by Crippen LogP contribution is 2.19.